The van der Waals surface area contributed by atoms with Crippen molar-refractivity contribution >= 4 is 5.91 Å². The first kappa shape index (κ1) is 13.8. The fourth-order valence-electron chi connectivity index (χ4n) is 2.36. The van der Waals surface area contributed by atoms with Crippen LogP contribution < -0.4 is 5.32 Å². The molecule has 1 saturated carbocycles. The number of carbonyl (C=O) groups excluding carboxylic acids is 1. The molecule has 1 heterocycles. The summed E-state index contributed by atoms with van der Waals surface area (Å²) in [7, 11) is 0. The quantitative estimate of drug-likeness (QED) is 0.632. The minimum Gasteiger partial charge on any atom is -0.381 e. The van der Waals surface area contributed by atoms with Crippen LogP contribution in [0.25, 0.3) is 0 Å². The van der Waals surface area contributed by atoms with E-state index >= 15 is 0 Å². The molecule has 0 radical (unpaired) electrons. The normalized spacial score (nSPS) is 23.9. The van der Waals surface area contributed by atoms with Crippen LogP contribution in [0.1, 0.15) is 39.0 Å². The van der Waals surface area contributed by atoms with E-state index in [9.17, 15) is 4.79 Å². The van der Waals surface area contributed by atoms with Crippen molar-refractivity contribution in [2.24, 2.45) is 5.92 Å². The Labute approximate surface area is 110 Å². The van der Waals surface area contributed by atoms with E-state index < -0.39 is 0 Å². The molecular weight excluding hydrogens is 228 g/mol. The fourth-order valence-corrected chi connectivity index (χ4v) is 2.36. The first-order chi connectivity index (χ1) is 8.81. The van der Waals surface area contributed by atoms with Crippen molar-refractivity contribution in [1.82, 2.24) is 10.2 Å². The third-order valence-electron chi connectivity index (χ3n) is 3.71. The van der Waals surface area contributed by atoms with Crippen LogP contribution in [0.5, 0.6) is 0 Å². The zero-order chi connectivity index (χ0) is 12.8. The highest BCUT2D eigenvalue weighted by Crippen LogP contribution is 2.28. The lowest BCUT2D eigenvalue weighted by atomic mass is 10.2. The van der Waals surface area contributed by atoms with E-state index in [-0.39, 0.29) is 11.9 Å². The highest BCUT2D eigenvalue weighted by molar-refractivity contribution is 5.83. The predicted molar refractivity (Wildman–Crippen MR) is 71.4 cm³/mol. The van der Waals surface area contributed by atoms with Crippen LogP contribution in [0.15, 0.2) is 0 Å². The topological polar surface area (TPSA) is 41.6 Å². The van der Waals surface area contributed by atoms with Gasteiger partial charge < -0.3 is 15.0 Å². The number of nitrogens with zero attached hydrogens (tertiary/aromatic N) is 1. The third-order valence-corrected chi connectivity index (χ3v) is 3.71. The first-order valence-electron chi connectivity index (χ1n) is 7.41. The fraction of sp³-hybridized carbons (Fsp3) is 0.929. The van der Waals surface area contributed by atoms with Gasteiger partial charge in [-0.25, -0.2) is 0 Å². The van der Waals surface area contributed by atoms with Crippen molar-refractivity contribution in [2.45, 2.75) is 45.1 Å². The summed E-state index contributed by atoms with van der Waals surface area (Å²) in [5.41, 5.74) is 0. The van der Waals surface area contributed by atoms with Crippen molar-refractivity contribution in [3.63, 3.8) is 0 Å². The highest BCUT2D eigenvalue weighted by atomic mass is 16.5. The minimum atomic E-state index is 0.0670. The second-order valence-corrected chi connectivity index (χ2v) is 5.49. The zero-order valence-electron chi connectivity index (χ0n) is 11.5. The number of likely N-dealkylation sites (tertiary alicyclic amines) is 1. The molecule has 2 aliphatic rings. The number of hydrogen-bond acceptors (Lipinski definition) is 3. The lowest BCUT2D eigenvalue weighted by Gasteiger charge is -2.17. The van der Waals surface area contributed by atoms with Gasteiger partial charge in [0.1, 0.15) is 0 Å². The molecule has 1 N–H and O–H groups in total. The van der Waals surface area contributed by atoms with E-state index in [0.29, 0.717) is 0 Å². The maximum atomic E-state index is 12.0. The van der Waals surface area contributed by atoms with Crippen LogP contribution >= 0.6 is 0 Å². The minimum absolute atomic E-state index is 0.0670. The van der Waals surface area contributed by atoms with Gasteiger partial charge in [0.05, 0.1) is 6.04 Å². The lowest BCUT2D eigenvalue weighted by molar-refractivity contribution is -0.129. The number of hydrogen-bond donors (Lipinski definition) is 1. The van der Waals surface area contributed by atoms with Crippen LogP contribution in [-0.4, -0.2) is 49.7 Å². The Morgan fingerprint density at radius 3 is 2.94 bits per heavy atom. The summed E-state index contributed by atoms with van der Waals surface area (Å²) < 4.78 is 5.59. The van der Waals surface area contributed by atoms with Crippen LogP contribution in [0.3, 0.4) is 0 Å². The summed E-state index contributed by atoms with van der Waals surface area (Å²) in [5, 5.41) is 3.31. The van der Waals surface area contributed by atoms with Gasteiger partial charge >= 0.3 is 0 Å². The van der Waals surface area contributed by atoms with Crippen molar-refractivity contribution in [2.75, 3.05) is 32.8 Å². The Kier molecular flexibility index (Phi) is 5.45. The molecule has 4 heteroatoms. The highest BCUT2D eigenvalue weighted by Gasteiger charge is 2.30. The predicted octanol–water partition coefficient (Wildman–Crippen LogP) is 1.40. The maximum absolute atomic E-state index is 12.0. The van der Waals surface area contributed by atoms with Crippen LogP contribution in [-0.2, 0) is 9.53 Å². The largest absolute Gasteiger partial charge is 0.381 e. The van der Waals surface area contributed by atoms with Gasteiger partial charge in [-0.2, -0.15) is 0 Å². The van der Waals surface area contributed by atoms with Gasteiger partial charge in [-0.1, -0.05) is 6.92 Å². The smallest absolute Gasteiger partial charge is 0.239 e. The van der Waals surface area contributed by atoms with Crippen LogP contribution in [0.4, 0.5) is 0 Å². The zero-order valence-corrected chi connectivity index (χ0v) is 11.5. The van der Waals surface area contributed by atoms with Gasteiger partial charge in [-0.05, 0) is 44.6 Å². The van der Waals surface area contributed by atoms with E-state index in [0.717, 1.165) is 58.0 Å². The number of amides is 1. The van der Waals surface area contributed by atoms with Gasteiger partial charge in [0, 0.05) is 26.3 Å². The van der Waals surface area contributed by atoms with Crippen LogP contribution in [0, 0.1) is 5.92 Å². The molecule has 2 rings (SSSR count). The Morgan fingerprint density at radius 2 is 2.22 bits per heavy atom. The van der Waals surface area contributed by atoms with E-state index in [1.165, 1.54) is 12.8 Å². The number of nitrogens with one attached hydrogen (secondary N) is 1. The molecule has 2 fully saturated rings. The average Bonchev–Trinajstić information content (AvgIpc) is 3.13. The summed E-state index contributed by atoms with van der Waals surface area (Å²) in [6.45, 7) is 6.55. The Balaban J connectivity index is 1.54. The Bertz CT molecular complexity index is 267. The molecule has 0 aromatic heterocycles. The molecule has 0 aromatic rings. The third kappa shape index (κ3) is 4.25. The maximum Gasteiger partial charge on any atom is 0.239 e. The van der Waals surface area contributed by atoms with Crippen molar-refractivity contribution in [3.8, 4) is 0 Å². The summed E-state index contributed by atoms with van der Waals surface area (Å²) in [6.07, 6.45) is 5.70. The SMILES string of the molecule is CCCNC1CCN(CCCOCC2CC2)C1=O. The molecule has 1 aliphatic heterocycles. The van der Waals surface area contributed by atoms with Gasteiger partial charge in [-0.3, -0.25) is 4.79 Å². The monoisotopic (exact) mass is 254 g/mol. The van der Waals surface area contributed by atoms with Crippen molar-refractivity contribution in [3.05, 3.63) is 0 Å². The van der Waals surface area contributed by atoms with Gasteiger partial charge in [0.25, 0.3) is 0 Å². The van der Waals surface area contributed by atoms with E-state index in [4.69, 9.17) is 4.74 Å². The molecule has 1 atom stereocenters. The second kappa shape index (κ2) is 7.10. The molecule has 18 heavy (non-hydrogen) atoms. The van der Waals surface area contributed by atoms with Gasteiger partial charge in [0.15, 0.2) is 0 Å². The summed E-state index contributed by atoms with van der Waals surface area (Å²) in [4.78, 5) is 14.0. The molecule has 4 nitrogen and oxygen atoms in total. The number of rotatable bonds is 9. The first-order valence-corrected chi connectivity index (χ1v) is 7.41. The average molecular weight is 254 g/mol. The Morgan fingerprint density at radius 1 is 1.39 bits per heavy atom. The molecule has 1 aliphatic carbocycles. The van der Waals surface area contributed by atoms with Gasteiger partial charge in [-0.15, -0.1) is 0 Å². The van der Waals surface area contributed by atoms with E-state index in [1.54, 1.807) is 0 Å². The molecular formula is C14H26N2O2. The number of carbonyl (C=O) groups is 1. The van der Waals surface area contributed by atoms with Crippen molar-refractivity contribution < 1.29 is 9.53 Å². The van der Waals surface area contributed by atoms with E-state index in [1.807, 2.05) is 4.90 Å². The molecule has 1 saturated heterocycles. The number of ether oxygens (including phenoxy) is 1. The lowest BCUT2D eigenvalue weighted by Crippen LogP contribution is -2.39. The molecule has 1 unspecified atom stereocenters. The molecule has 1 amide bonds. The van der Waals surface area contributed by atoms with Crippen molar-refractivity contribution in [1.29, 1.82) is 0 Å². The standard InChI is InChI=1S/C14H26N2O2/c1-2-7-15-13-6-9-16(14(13)17)8-3-10-18-11-12-4-5-12/h12-13,15H,2-11H2,1H3. The molecule has 0 spiro atoms. The van der Waals surface area contributed by atoms with Crippen LogP contribution in [0.2, 0.25) is 0 Å². The molecule has 0 bridgehead atoms. The summed E-state index contributed by atoms with van der Waals surface area (Å²) in [6, 6.07) is 0.0670. The molecule has 104 valence electrons. The Hall–Kier alpha value is -0.610. The summed E-state index contributed by atoms with van der Waals surface area (Å²) >= 11 is 0. The van der Waals surface area contributed by atoms with E-state index in [2.05, 4.69) is 12.2 Å². The molecule has 0 aromatic carbocycles. The second-order valence-electron chi connectivity index (χ2n) is 5.49. The summed E-state index contributed by atoms with van der Waals surface area (Å²) in [5.74, 6) is 1.12. The van der Waals surface area contributed by atoms with Gasteiger partial charge in [0.2, 0.25) is 5.91 Å².